The molecule has 2 N–H and O–H groups in total. The third-order valence-corrected chi connectivity index (χ3v) is 6.34. The molecule has 0 saturated carbocycles. The van der Waals surface area contributed by atoms with Crippen molar-refractivity contribution >= 4 is 52.2 Å². The van der Waals surface area contributed by atoms with E-state index in [2.05, 4.69) is 22.5 Å². The summed E-state index contributed by atoms with van der Waals surface area (Å²) in [5.41, 5.74) is 2.25. The summed E-state index contributed by atoms with van der Waals surface area (Å²) in [7, 11) is 0. The van der Waals surface area contributed by atoms with Crippen molar-refractivity contribution < 1.29 is 9.59 Å². The zero-order chi connectivity index (χ0) is 23.6. The first-order chi connectivity index (χ1) is 16.0. The molecule has 33 heavy (non-hydrogen) atoms. The fraction of sp³-hybridized carbons (Fsp3) is 0.440. The van der Waals surface area contributed by atoms with Gasteiger partial charge in [-0.1, -0.05) is 55.8 Å². The van der Waals surface area contributed by atoms with Crippen molar-refractivity contribution in [2.75, 3.05) is 41.7 Å². The SMILES string of the molecule is CCCCCCCC(=O)N1CCN(c2ccc(NC(=O)Nc3ccc(Cl)cc3Cl)cc2)CC1. The fourth-order valence-electron chi connectivity index (χ4n) is 3.88. The van der Waals surface area contributed by atoms with Crippen LogP contribution in [0.4, 0.5) is 21.9 Å². The predicted molar refractivity (Wildman–Crippen MR) is 138 cm³/mol. The van der Waals surface area contributed by atoms with Crippen LogP contribution in [0.5, 0.6) is 0 Å². The van der Waals surface area contributed by atoms with Crippen LogP contribution >= 0.6 is 23.2 Å². The summed E-state index contributed by atoms with van der Waals surface area (Å²) in [6.07, 6.45) is 6.49. The van der Waals surface area contributed by atoms with Crippen LogP contribution in [0.15, 0.2) is 42.5 Å². The Bertz CT molecular complexity index is 929. The number of nitrogens with one attached hydrogen (secondary N) is 2. The van der Waals surface area contributed by atoms with E-state index >= 15 is 0 Å². The largest absolute Gasteiger partial charge is 0.368 e. The molecule has 8 heteroatoms. The molecule has 1 fully saturated rings. The molecule has 0 aromatic heterocycles. The number of carbonyl (C=O) groups is 2. The second-order valence-electron chi connectivity index (χ2n) is 8.28. The van der Waals surface area contributed by atoms with Gasteiger partial charge in [-0.3, -0.25) is 4.79 Å². The summed E-state index contributed by atoms with van der Waals surface area (Å²) in [6.45, 7) is 5.31. The van der Waals surface area contributed by atoms with E-state index in [4.69, 9.17) is 23.2 Å². The number of anilines is 3. The lowest BCUT2D eigenvalue weighted by molar-refractivity contribution is -0.131. The van der Waals surface area contributed by atoms with Gasteiger partial charge in [0, 0.05) is 49.0 Å². The number of carbonyl (C=O) groups excluding carboxylic acids is 2. The lowest BCUT2D eigenvalue weighted by atomic mass is 10.1. The Hall–Kier alpha value is -2.44. The van der Waals surface area contributed by atoms with Gasteiger partial charge in [0.1, 0.15) is 0 Å². The molecular weight excluding hydrogens is 459 g/mol. The van der Waals surface area contributed by atoms with E-state index in [0.717, 1.165) is 44.7 Å². The highest BCUT2D eigenvalue weighted by Crippen LogP contribution is 2.26. The lowest BCUT2D eigenvalue weighted by Gasteiger charge is -2.36. The van der Waals surface area contributed by atoms with Crippen LogP contribution in [0.1, 0.15) is 45.4 Å². The summed E-state index contributed by atoms with van der Waals surface area (Å²) in [4.78, 5) is 29.0. The van der Waals surface area contributed by atoms with E-state index in [1.165, 1.54) is 19.3 Å². The van der Waals surface area contributed by atoms with E-state index in [0.29, 0.717) is 27.8 Å². The second kappa shape index (κ2) is 12.7. The molecule has 1 aliphatic heterocycles. The standard InChI is InChI=1S/C25H32Cl2N4O2/c1-2-3-4-5-6-7-24(32)31-16-14-30(15-17-31)21-11-9-20(10-12-21)28-25(33)29-23-13-8-19(26)18-22(23)27/h8-13,18H,2-7,14-17H2,1H3,(H2,28,29,33). The molecule has 6 nitrogen and oxygen atoms in total. The first-order valence-corrected chi connectivity index (χ1v) is 12.4. The number of halogens is 2. The average molecular weight is 491 g/mol. The zero-order valence-electron chi connectivity index (χ0n) is 19.1. The van der Waals surface area contributed by atoms with Crippen LogP contribution in [0.25, 0.3) is 0 Å². The highest BCUT2D eigenvalue weighted by molar-refractivity contribution is 6.36. The number of benzene rings is 2. The van der Waals surface area contributed by atoms with Crippen LogP contribution in [0.2, 0.25) is 10.0 Å². The Morgan fingerprint density at radius 2 is 1.58 bits per heavy atom. The molecule has 1 heterocycles. The highest BCUT2D eigenvalue weighted by Gasteiger charge is 2.21. The molecule has 0 unspecified atom stereocenters. The quantitative estimate of drug-likeness (QED) is 0.386. The molecule has 3 rings (SSSR count). The maximum Gasteiger partial charge on any atom is 0.323 e. The zero-order valence-corrected chi connectivity index (χ0v) is 20.6. The van der Waals surface area contributed by atoms with Crippen LogP contribution in [-0.2, 0) is 4.79 Å². The van der Waals surface area contributed by atoms with Crippen molar-refractivity contribution in [1.82, 2.24) is 4.90 Å². The van der Waals surface area contributed by atoms with Gasteiger partial charge in [0.2, 0.25) is 5.91 Å². The van der Waals surface area contributed by atoms with E-state index in [1.54, 1.807) is 18.2 Å². The van der Waals surface area contributed by atoms with E-state index in [1.807, 2.05) is 29.2 Å². The molecule has 1 aliphatic rings. The summed E-state index contributed by atoms with van der Waals surface area (Å²) in [6, 6.07) is 12.2. The van der Waals surface area contributed by atoms with Gasteiger partial charge in [0.15, 0.2) is 0 Å². The second-order valence-corrected chi connectivity index (χ2v) is 9.13. The first kappa shape index (κ1) is 25.2. The molecular formula is C25H32Cl2N4O2. The van der Waals surface area contributed by atoms with Gasteiger partial charge in [0.05, 0.1) is 10.7 Å². The van der Waals surface area contributed by atoms with Crippen molar-refractivity contribution in [2.45, 2.75) is 45.4 Å². The van der Waals surface area contributed by atoms with Crippen LogP contribution < -0.4 is 15.5 Å². The molecule has 0 bridgehead atoms. The molecule has 2 aromatic rings. The van der Waals surface area contributed by atoms with Crippen LogP contribution in [0, 0.1) is 0 Å². The summed E-state index contributed by atoms with van der Waals surface area (Å²) < 4.78 is 0. The Labute approximate surface area is 206 Å². The van der Waals surface area contributed by atoms with Crippen molar-refractivity contribution in [1.29, 1.82) is 0 Å². The first-order valence-electron chi connectivity index (χ1n) is 11.6. The van der Waals surface area contributed by atoms with Gasteiger partial charge in [-0.15, -0.1) is 0 Å². The smallest absolute Gasteiger partial charge is 0.323 e. The van der Waals surface area contributed by atoms with Gasteiger partial charge >= 0.3 is 6.03 Å². The number of nitrogens with zero attached hydrogens (tertiary/aromatic N) is 2. The molecule has 0 aliphatic carbocycles. The van der Waals surface area contributed by atoms with Gasteiger partial charge in [-0.25, -0.2) is 4.79 Å². The Morgan fingerprint density at radius 1 is 0.879 bits per heavy atom. The van der Waals surface area contributed by atoms with Crippen LogP contribution in [0.3, 0.4) is 0 Å². The average Bonchev–Trinajstić information content (AvgIpc) is 2.81. The minimum Gasteiger partial charge on any atom is -0.368 e. The molecule has 0 atom stereocenters. The molecule has 178 valence electrons. The van der Waals surface area contributed by atoms with Crippen molar-refractivity contribution in [3.8, 4) is 0 Å². The third-order valence-electron chi connectivity index (χ3n) is 5.80. The third kappa shape index (κ3) is 7.83. The number of hydrogen-bond donors (Lipinski definition) is 2. The number of hydrogen-bond acceptors (Lipinski definition) is 3. The van der Waals surface area contributed by atoms with Gasteiger partial charge in [-0.2, -0.15) is 0 Å². The van der Waals surface area contributed by atoms with Crippen LogP contribution in [-0.4, -0.2) is 43.0 Å². The Balaban J connectivity index is 1.43. The van der Waals surface area contributed by atoms with Gasteiger partial charge < -0.3 is 20.4 Å². The molecule has 3 amide bonds. The number of amides is 3. The summed E-state index contributed by atoms with van der Waals surface area (Å²) in [5, 5.41) is 6.40. The van der Waals surface area contributed by atoms with E-state index in [-0.39, 0.29) is 11.9 Å². The lowest BCUT2D eigenvalue weighted by Crippen LogP contribution is -2.48. The summed E-state index contributed by atoms with van der Waals surface area (Å²) in [5.74, 6) is 0.275. The molecule has 1 saturated heterocycles. The maximum absolute atomic E-state index is 12.4. The van der Waals surface area contributed by atoms with Crippen molar-refractivity contribution in [3.05, 3.63) is 52.5 Å². The van der Waals surface area contributed by atoms with Crippen molar-refractivity contribution in [2.24, 2.45) is 0 Å². The molecule has 0 spiro atoms. The van der Waals surface area contributed by atoms with Crippen molar-refractivity contribution in [3.63, 3.8) is 0 Å². The molecule has 0 radical (unpaired) electrons. The fourth-order valence-corrected chi connectivity index (χ4v) is 4.34. The van der Waals surface area contributed by atoms with E-state index < -0.39 is 0 Å². The minimum absolute atomic E-state index is 0.275. The summed E-state index contributed by atoms with van der Waals surface area (Å²) >= 11 is 12.0. The number of piperazine rings is 1. The number of unbranched alkanes of at least 4 members (excludes halogenated alkanes) is 4. The number of urea groups is 1. The van der Waals surface area contributed by atoms with Gasteiger partial charge in [-0.05, 0) is 48.9 Å². The predicted octanol–water partition coefficient (Wildman–Crippen LogP) is 6.65. The van der Waals surface area contributed by atoms with Gasteiger partial charge in [0.25, 0.3) is 0 Å². The maximum atomic E-state index is 12.4. The monoisotopic (exact) mass is 490 g/mol. The molecule has 2 aromatic carbocycles. The Morgan fingerprint density at radius 3 is 2.24 bits per heavy atom. The topological polar surface area (TPSA) is 64.7 Å². The normalized spacial score (nSPS) is 13.7. The minimum atomic E-state index is -0.381. The number of rotatable bonds is 9. The van der Waals surface area contributed by atoms with E-state index in [9.17, 15) is 9.59 Å². The Kier molecular flexibility index (Phi) is 9.70. The highest BCUT2D eigenvalue weighted by atomic mass is 35.5.